The molecule has 0 atom stereocenters. The Morgan fingerprint density at radius 1 is 0.490 bits per heavy atom. The van der Waals surface area contributed by atoms with Gasteiger partial charge in [0.2, 0.25) is 0 Å². The maximum atomic E-state index is 5.37. The lowest BCUT2D eigenvalue weighted by molar-refractivity contribution is 1.18. The lowest BCUT2D eigenvalue weighted by Crippen LogP contribution is -2.11. The maximum absolute atomic E-state index is 5.37. The van der Waals surface area contributed by atoms with Crippen LogP contribution in [0.3, 0.4) is 0 Å². The van der Waals surface area contributed by atoms with Crippen molar-refractivity contribution in [1.29, 1.82) is 0 Å². The van der Waals surface area contributed by atoms with Crippen LogP contribution in [0, 0.1) is 0 Å². The molecule has 0 saturated carbocycles. The van der Waals surface area contributed by atoms with Gasteiger partial charge in [0.15, 0.2) is 5.13 Å². The first-order valence-corrected chi connectivity index (χ1v) is 17.4. The third kappa shape index (κ3) is 4.46. The molecule has 0 spiro atoms. The number of nitrogens with zero attached hydrogens (tertiary/aromatic N) is 3. The Morgan fingerprint density at radius 2 is 1.16 bits per heavy atom. The number of para-hydroxylation sites is 3. The van der Waals surface area contributed by atoms with Gasteiger partial charge in [0.25, 0.3) is 0 Å². The van der Waals surface area contributed by atoms with Crippen LogP contribution in [0.25, 0.3) is 70.4 Å². The van der Waals surface area contributed by atoms with E-state index in [1.165, 1.54) is 48.1 Å². The number of thiazole rings is 1. The van der Waals surface area contributed by atoms with Crippen LogP contribution in [-0.2, 0) is 0 Å². The molecule has 3 nitrogen and oxygen atoms in total. The van der Waals surface area contributed by atoms with Crippen molar-refractivity contribution in [3.05, 3.63) is 176 Å². The van der Waals surface area contributed by atoms with E-state index < -0.39 is 0 Å². The molecular weight excluding hydrogens is 615 g/mol. The van der Waals surface area contributed by atoms with Crippen molar-refractivity contribution < 1.29 is 0 Å². The minimum atomic E-state index is 0.931. The normalized spacial score (nSPS) is 11.7. The van der Waals surface area contributed by atoms with Gasteiger partial charge >= 0.3 is 0 Å². The topological polar surface area (TPSA) is 21.1 Å². The highest BCUT2D eigenvalue weighted by atomic mass is 32.1. The fraction of sp³-hybridized carbons (Fsp3) is 0. The van der Waals surface area contributed by atoms with Crippen molar-refractivity contribution in [1.82, 2.24) is 9.55 Å². The Labute approximate surface area is 287 Å². The van der Waals surface area contributed by atoms with Crippen LogP contribution in [0.4, 0.5) is 16.5 Å². The standard InChI is InChI=1S/C45H29N3S/c1-3-13-30(14-4-1)35-19-9-11-21-41(35)48(45-46-40-28-27-36-34-18-8-7-15-31(34)23-25-39(36)44(40)49-45)33-24-26-38-37-20-10-12-22-42(37)47(43(38)29-33)32-16-5-2-6-17-32/h1-29H. The van der Waals surface area contributed by atoms with Crippen molar-refractivity contribution >= 4 is 81.4 Å². The van der Waals surface area contributed by atoms with Crippen LogP contribution in [0.5, 0.6) is 0 Å². The highest BCUT2D eigenvalue weighted by molar-refractivity contribution is 7.23. The van der Waals surface area contributed by atoms with Gasteiger partial charge in [-0.1, -0.05) is 145 Å². The summed E-state index contributed by atoms with van der Waals surface area (Å²) < 4.78 is 3.58. The molecule has 0 N–H and O–H groups in total. The zero-order valence-corrected chi connectivity index (χ0v) is 27.3. The summed E-state index contributed by atoms with van der Waals surface area (Å²) in [6.07, 6.45) is 0. The van der Waals surface area contributed by atoms with Crippen LogP contribution in [0.2, 0.25) is 0 Å². The van der Waals surface area contributed by atoms with Gasteiger partial charge in [0, 0.05) is 27.4 Å². The van der Waals surface area contributed by atoms with E-state index in [0.717, 1.165) is 38.8 Å². The smallest absolute Gasteiger partial charge is 0.195 e. The first kappa shape index (κ1) is 27.8. The number of hydrogen-bond acceptors (Lipinski definition) is 3. The van der Waals surface area contributed by atoms with Gasteiger partial charge in [-0.25, -0.2) is 4.98 Å². The number of hydrogen-bond donors (Lipinski definition) is 0. The number of rotatable bonds is 5. The quantitative estimate of drug-likeness (QED) is 0.174. The molecule has 10 aromatic rings. The summed E-state index contributed by atoms with van der Waals surface area (Å²) in [5, 5.41) is 8.40. The molecule has 4 heteroatoms. The van der Waals surface area contributed by atoms with Crippen LogP contribution in [-0.4, -0.2) is 9.55 Å². The van der Waals surface area contributed by atoms with E-state index in [9.17, 15) is 0 Å². The van der Waals surface area contributed by atoms with Gasteiger partial charge in [-0.2, -0.15) is 0 Å². The summed E-state index contributed by atoms with van der Waals surface area (Å²) in [5.74, 6) is 0. The molecular formula is C45H29N3S. The highest BCUT2D eigenvalue weighted by Gasteiger charge is 2.23. The lowest BCUT2D eigenvalue weighted by atomic mass is 10.0. The van der Waals surface area contributed by atoms with Gasteiger partial charge in [0.1, 0.15) is 0 Å². The minimum absolute atomic E-state index is 0.931. The second-order valence-electron chi connectivity index (χ2n) is 12.4. The molecule has 8 aromatic carbocycles. The molecule has 0 aliphatic carbocycles. The van der Waals surface area contributed by atoms with Crippen LogP contribution in [0.1, 0.15) is 0 Å². The van der Waals surface area contributed by atoms with E-state index in [2.05, 4.69) is 185 Å². The number of benzene rings is 8. The summed E-state index contributed by atoms with van der Waals surface area (Å²) in [7, 11) is 0. The molecule has 10 rings (SSSR count). The summed E-state index contributed by atoms with van der Waals surface area (Å²) >= 11 is 1.76. The molecule has 0 unspecified atom stereocenters. The molecule has 2 heterocycles. The average Bonchev–Trinajstić information content (AvgIpc) is 3.75. The third-order valence-corrected chi connectivity index (χ3v) is 10.7. The highest BCUT2D eigenvalue weighted by Crippen LogP contribution is 2.46. The van der Waals surface area contributed by atoms with Gasteiger partial charge in [-0.15, -0.1) is 0 Å². The average molecular weight is 644 g/mol. The van der Waals surface area contributed by atoms with E-state index in [-0.39, 0.29) is 0 Å². The van der Waals surface area contributed by atoms with Crippen LogP contribution < -0.4 is 4.90 Å². The fourth-order valence-electron chi connectivity index (χ4n) is 7.39. The van der Waals surface area contributed by atoms with Crippen molar-refractivity contribution in [2.75, 3.05) is 4.90 Å². The monoisotopic (exact) mass is 643 g/mol. The molecule has 0 aliphatic rings. The van der Waals surface area contributed by atoms with Crippen LogP contribution in [0.15, 0.2) is 176 Å². The lowest BCUT2D eigenvalue weighted by Gasteiger charge is -2.25. The first-order valence-electron chi connectivity index (χ1n) is 16.6. The zero-order valence-electron chi connectivity index (χ0n) is 26.5. The van der Waals surface area contributed by atoms with Crippen molar-refractivity contribution in [2.45, 2.75) is 0 Å². The van der Waals surface area contributed by atoms with Crippen molar-refractivity contribution in [3.8, 4) is 16.8 Å². The fourth-order valence-corrected chi connectivity index (χ4v) is 8.52. The van der Waals surface area contributed by atoms with Gasteiger partial charge < -0.3 is 4.57 Å². The molecule has 0 radical (unpaired) electrons. The molecule has 230 valence electrons. The SMILES string of the molecule is c1ccc(-c2ccccc2N(c2ccc3c4ccccc4n(-c4ccccc4)c3c2)c2nc3ccc4c5ccccc5ccc4c3s2)cc1. The molecule has 2 aromatic heterocycles. The molecule has 0 amide bonds. The van der Waals surface area contributed by atoms with Gasteiger partial charge in [-0.3, -0.25) is 4.90 Å². The summed E-state index contributed by atoms with van der Waals surface area (Å²) in [4.78, 5) is 7.73. The maximum Gasteiger partial charge on any atom is 0.195 e. The Kier molecular flexibility index (Phi) is 6.36. The summed E-state index contributed by atoms with van der Waals surface area (Å²) in [6.45, 7) is 0. The second-order valence-corrected chi connectivity index (χ2v) is 13.4. The minimum Gasteiger partial charge on any atom is -0.309 e. The van der Waals surface area contributed by atoms with E-state index in [1.54, 1.807) is 11.3 Å². The second kappa shape index (κ2) is 11.2. The van der Waals surface area contributed by atoms with E-state index >= 15 is 0 Å². The largest absolute Gasteiger partial charge is 0.309 e. The van der Waals surface area contributed by atoms with E-state index in [4.69, 9.17) is 4.98 Å². The van der Waals surface area contributed by atoms with Crippen molar-refractivity contribution in [2.24, 2.45) is 0 Å². The summed E-state index contributed by atoms with van der Waals surface area (Å²) in [6, 6.07) is 63.1. The molecule has 0 saturated heterocycles. The summed E-state index contributed by atoms with van der Waals surface area (Å²) in [5.41, 5.74) is 8.96. The molecule has 0 bridgehead atoms. The van der Waals surface area contributed by atoms with Gasteiger partial charge in [0.05, 0.1) is 32.6 Å². The van der Waals surface area contributed by atoms with Crippen LogP contribution >= 0.6 is 11.3 Å². The van der Waals surface area contributed by atoms with Crippen molar-refractivity contribution in [3.63, 3.8) is 0 Å². The Morgan fingerprint density at radius 3 is 2.04 bits per heavy atom. The van der Waals surface area contributed by atoms with Gasteiger partial charge in [-0.05, 0) is 64.2 Å². The Hall–Kier alpha value is -6.23. The number of aromatic nitrogens is 2. The predicted molar refractivity (Wildman–Crippen MR) is 209 cm³/mol. The predicted octanol–water partition coefficient (Wildman–Crippen LogP) is 12.8. The molecule has 0 fully saturated rings. The number of fused-ring (bicyclic) bond motifs is 8. The van der Waals surface area contributed by atoms with E-state index in [1.807, 2.05) is 0 Å². The molecule has 49 heavy (non-hydrogen) atoms. The third-order valence-electron chi connectivity index (χ3n) is 9.62. The molecule has 0 aliphatic heterocycles. The van der Waals surface area contributed by atoms with E-state index in [0.29, 0.717) is 0 Å². The number of anilines is 3. The zero-order chi connectivity index (χ0) is 32.3. The Bertz CT molecular complexity index is 2830. The first-order chi connectivity index (χ1) is 24.3. The Balaban J connectivity index is 1.26.